The fourth-order valence-electron chi connectivity index (χ4n) is 5.09. The third-order valence-corrected chi connectivity index (χ3v) is 8.60. The monoisotopic (exact) mass is 439 g/mol. The van der Waals surface area contributed by atoms with E-state index in [1.807, 2.05) is 17.0 Å². The molecule has 2 aromatic carbocycles. The summed E-state index contributed by atoms with van der Waals surface area (Å²) in [4.78, 5) is 17.7. The second-order valence-corrected chi connectivity index (χ2v) is 10.6. The van der Waals surface area contributed by atoms with Gasteiger partial charge in [0.15, 0.2) is 0 Å². The number of rotatable bonds is 4. The SMILES string of the molecule is O=C(CN1CCCc2ccccc21)N1CCCc2cc(S(=O)(=O)N3CCCC3)ccc21. The zero-order chi connectivity index (χ0) is 21.4. The molecular weight excluding hydrogens is 410 g/mol. The maximum atomic E-state index is 13.3. The van der Waals surface area contributed by atoms with Crippen molar-refractivity contribution in [3.8, 4) is 0 Å². The van der Waals surface area contributed by atoms with Gasteiger partial charge in [-0.05, 0) is 73.9 Å². The van der Waals surface area contributed by atoms with E-state index in [0.29, 0.717) is 31.1 Å². The number of carbonyl (C=O) groups excluding carboxylic acids is 1. The highest BCUT2D eigenvalue weighted by atomic mass is 32.2. The molecule has 7 heteroatoms. The van der Waals surface area contributed by atoms with Crippen LogP contribution in [-0.2, 0) is 27.7 Å². The highest BCUT2D eigenvalue weighted by Crippen LogP contribution is 2.32. The van der Waals surface area contributed by atoms with Crippen molar-refractivity contribution in [2.24, 2.45) is 0 Å². The number of sulfonamides is 1. The van der Waals surface area contributed by atoms with Crippen molar-refractivity contribution in [3.63, 3.8) is 0 Å². The van der Waals surface area contributed by atoms with E-state index in [4.69, 9.17) is 0 Å². The predicted octanol–water partition coefficient (Wildman–Crippen LogP) is 3.20. The molecule has 0 bridgehead atoms. The summed E-state index contributed by atoms with van der Waals surface area (Å²) in [5.41, 5.74) is 4.28. The molecule has 3 aliphatic rings. The molecule has 3 aliphatic heterocycles. The number of benzene rings is 2. The van der Waals surface area contributed by atoms with Gasteiger partial charge < -0.3 is 9.80 Å². The molecule has 3 heterocycles. The molecule has 0 saturated carbocycles. The number of fused-ring (bicyclic) bond motifs is 2. The van der Waals surface area contributed by atoms with Crippen LogP contribution in [0.3, 0.4) is 0 Å². The summed E-state index contributed by atoms with van der Waals surface area (Å²) in [5, 5.41) is 0. The van der Waals surface area contributed by atoms with Gasteiger partial charge in [-0.3, -0.25) is 4.79 Å². The minimum atomic E-state index is -3.44. The molecule has 0 aliphatic carbocycles. The van der Waals surface area contributed by atoms with Gasteiger partial charge in [-0.2, -0.15) is 4.31 Å². The third kappa shape index (κ3) is 3.85. The Morgan fingerprint density at radius 2 is 1.55 bits per heavy atom. The van der Waals surface area contributed by atoms with E-state index in [0.717, 1.165) is 62.0 Å². The lowest BCUT2D eigenvalue weighted by molar-refractivity contribution is -0.117. The molecule has 0 spiro atoms. The Morgan fingerprint density at radius 3 is 2.39 bits per heavy atom. The molecule has 0 unspecified atom stereocenters. The van der Waals surface area contributed by atoms with Crippen molar-refractivity contribution < 1.29 is 13.2 Å². The fourth-order valence-corrected chi connectivity index (χ4v) is 6.66. The quantitative estimate of drug-likeness (QED) is 0.734. The van der Waals surface area contributed by atoms with E-state index < -0.39 is 10.0 Å². The molecule has 0 aromatic heterocycles. The topological polar surface area (TPSA) is 60.9 Å². The molecule has 1 saturated heterocycles. The largest absolute Gasteiger partial charge is 0.362 e. The first-order chi connectivity index (χ1) is 15.0. The van der Waals surface area contributed by atoms with Crippen LogP contribution in [0.2, 0.25) is 0 Å². The van der Waals surface area contributed by atoms with Crippen LogP contribution in [0.15, 0.2) is 47.4 Å². The summed E-state index contributed by atoms with van der Waals surface area (Å²) in [6.45, 7) is 3.11. The summed E-state index contributed by atoms with van der Waals surface area (Å²) in [6.07, 6.45) is 5.61. The number of carbonyl (C=O) groups is 1. The summed E-state index contributed by atoms with van der Waals surface area (Å²) in [5.74, 6) is 0.0767. The third-order valence-electron chi connectivity index (χ3n) is 6.71. The van der Waals surface area contributed by atoms with Crippen molar-refractivity contribution in [1.29, 1.82) is 0 Å². The van der Waals surface area contributed by atoms with Crippen LogP contribution in [0.25, 0.3) is 0 Å². The molecule has 5 rings (SSSR count). The van der Waals surface area contributed by atoms with E-state index in [9.17, 15) is 13.2 Å². The molecule has 164 valence electrons. The Hall–Kier alpha value is -2.38. The number of nitrogens with zero attached hydrogens (tertiary/aromatic N) is 3. The number of anilines is 2. The summed E-state index contributed by atoms with van der Waals surface area (Å²) in [6, 6.07) is 13.6. The van der Waals surface area contributed by atoms with Gasteiger partial charge in [-0.15, -0.1) is 0 Å². The van der Waals surface area contributed by atoms with Crippen molar-refractivity contribution in [2.45, 2.75) is 43.4 Å². The summed E-state index contributed by atoms with van der Waals surface area (Å²) in [7, 11) is -3.44. The molecule has 0 radical (unpaired) electrons. The maximum absolute atomic E-state index is 13.3. The van der Waals surface area contributed by atoms with Crippen molar-refractivity contribution >= 4 is 27.3 Å². The van der Waals surface area contributed by atoms with Crippen LogP contribution in [0, 0.1) is 0 Å². The lowest BCUT2D eigenvalue weighted by Gasteiger charge is -2.35. The summed E-state index contributed by atoms with van der Waals surface area (Å²) >= 11 is 0. The van der Waals surface area contributed by atoms with Crippen LogP contribution in [0.5, 0.6) is 0 Å². The number of hydrogen-bond donors (Lipinski definition) is 0. The normalized spacial score (nSPS) is 19.2. The molecule has 6 nitrogen and oxygen atoms in total. The average Bonchev–Trinajstić information content (AvgIpc) is 3.34. The fraction of sp³-hybridized carbons (Fsp3) is 0.458. The Morgan fingerprint density at radius 1 is 0.806 bits per heavy atom. The van der Waals surface area contributed by atoms with Crippen molar-refractivity contribution in [2.75, 3.05) is 42.5 Å². The van der Waals surface area contributed by atoms with Gasteiger partial charge in [0.05, 0.1) is 11.4 Å². The van der Waals surface area contributed by atoms with Gasteiger partial charge in [0, 0.05) is 37.6 Å². The summed E-state index contributed by atoms with van der Waals surface area (Å²) < 4.78 is 27.5. The first-order valence-corrected chi connectivity index (χ1v) is 12.7. The standard InChI is InChI=1S/C24H29N3O3S/c28-24(18-25-13-5-8-19-7-1-2-10-22(19)25)27-16-6-9-20-17-21(11-12-23(20)27)31(29,30)26-14-3-4-15-26/h1-2,7,10-12,17H,3-6,8-9,13-16,18H2. The molecule has 0 N–H and O–H groups in total. The molecule has 1 amide bonds. The Kier molecular flexibility index (Phi) is 5.48. The van der Waals surface area contributed by atoms with Crippen molar-refractivity contribution in [3.05, 3.63) is 53.6 Å². The zero-order valence-corrected chi connectivity index (χ0v) is 18.6. The average molecular weight is 440 g/mol. The van der Waals surface area contributed by atoms with Gasteiger partial charge in [0.1, 0.15) is 0 Å². The first-order valence-electron chi connectivity index (χ1n) is 11.3. The van der Waals surface area contributed by atoms with E-state index >= 15 is 0 Å². The van der Waals surface area contributed by atoms with Crippen molar-refractivity contribution in [1.82, 2.24) is 4.31 Å². The van der Waals surface area contributed by atoms with Gasteiger partial charge in [-0.25, -0.2) is 8.42 Å². The van der Waals surface area contributed by atoms with E-state index in [-0.39, 0.29) is 5.91 Å². The van der Waals surface area contributed by atoms with Gasteiger partial charge >= 0.3 is 0 Å². The Labute approximate surface area is 184 Å². The van der Waals surface area contributed by atoms with E-state index in [1.165, 1.54) is 5.56 Å². The van der Waals surface area contributed by atoms with Crippen LogP contribution >= 0.6 is 0 Å². The Bertz CT molecular complexity index is 1090. The van der Waals surface area contributed by atoms with Crippen LogP contribution in [0.4, 0.5) is 11.4 Å². The zero-order valence-electron chi connectivity index (χ0n) is 17.8. The molecular formula is C24H29N3O3S. The second-order valence-electron chi connectivity index (χ2n) is 8.70. The number of para-hydroxylation sites is 1. The van der Waals surface area contributed by atoms with Gasteiger partial charge in [0.25, 0.3) is 0 Å². The number of amides is 1. The van der Waals surface area contributed by atoms with Gasteiger partial charge in [-0.1, -0.05) is 18.2 Å². The maximum Gasteiger partial charge on any atom is 0.246 e. The van der Waals surface area contributed by atoms with Crippen LogP contribution in [-0.4, -0.2) is 51.4 Å². The minimum absolute atomic E-state index is 0.0767. The highest BCUT2D eigenvalue weighted by Gasteiger charge is 2.30. The lowest BCUT2D eigenvalue weighted by Crippen LogP contribution is -2.44. The Balaban J connectivity index is 1.38. The predicted molar refractivity (Wildman–Crippen MR) is 122 cm³/mol. The first kappa shape index (κ1) is 20.5. The molecule has 31 heavy (non-hydrogen) atoms. The second kappa shape index (κ2) is 8.28. The molecule has 2 aromatic rings. The minimum Gasteiger partial charge on any atom is -0.362 e. The van der Waals surface area contributed by atoms with E-state index in [2.05, 4.69) is 23.1 Å². The molecule has 1 fully saturated rings. The lowest BCUT2D eigenvalue weighted by atomic mass is 10.0. The van der Waals surface area contributed by atoms with Crippen LogP contribution < -0.4 is 9.80 Å². The molecule has 0 atom stereocenters. The number of aryl methyl sites for hydroxylation is 2. The number of hydrogen-bond acceptors (Lipinski definition) is 4. The van der Waals surface area contributed by atoms with Gasteiger partial charge in [0.2, 0.25) is 15.9 Å². The highest BCUT2D eigenvalue weighted by molar-refractivity contribution is 7.89. The van der Waals surface area contributed by atoms with Crippen LogP contribution in [0.1, 0.15) is 36.8 Å². The van der Waals surface area contributed by atoms with E-state index in [1.54, 1.807) is 16.4 Å². The smallest absolute Gasteiger partial charge is 0.246 e.